The summed E-state index contributed by atoms with van der Waals surface area (Å²) >= 11 is 2.28. The molecule has 0 N–H and O–H groups in total. The molecule has 0 bridgehead atoms. The highest BCUT2D eigenvalue weighted by Gasteiger charge is 2.25. The zero-order chi connectivity index (χ0) is 34.2. The maximum Gasteiger partial charge on any atom is 0.278 e. The van der Waals surface area contributed by atoms with Crippen molar-refractivity contribution in [2.24, 2.45) is 0 Å². The molecule has 0 aliphatic carbocycles. The van der Waals surface area contributed by atoms with E-state index in [9.17, 15) is 29.8 Å². The average molecular weight is 669 g/mol. The number of rotatable bonds is 6. The molecule has 0 unspecified atom stereocenters. The van der Waals surface area contributed by atoms with Crippen LogP contribution in [0, 0.1) is 43.9 Å². The third-order valence-electron chi connectivity index (χ3n) is 6.83. The Labute approximate surface area is 284 Å². The van der Waals surface area contributed by atoms with E-state index in [0.717, 1.165) is 44.4 Å². The van der Waals surface area contributed by atoms with Crippen LogP contribution < -0.4 is 0 Å². The predicted molar refractivity (Wildman–Crippen MR) is 189 cm³/mol. The summed E-state index contributed by atoms with van der Waals surface area (Å²) in [6.07, 6.45) is 0. The quantitative estimate of drug-likeness (QED) is 0.0761. The molecule has 10 heteroatoms. The molecule has 0 spiro atoms. The first-order valence-electron chi connectivity index (χ1n) is 14.3. The largest absolute Gasteiger partial charge is 0.287 e. The van der Waals surface area contributed by atoms with Crippen LogP contribution >= 0.6 is 23.5 Å². The lowest BCUT2D eigenvalue weighted by atomic mass is 9.95. The number of nitro benzene ring substituents is 2. The Bertz CT molecular complexity index is 2010. The number of nitrogens with zero attached hydrogens (tertiary/aromatic N) is 2. The van der Waals surface area contributed by atoms with Crippen LogP contribution in [0.3, 0.4) is 0 Å². The lowest BCUT2D eigenvalue weighted by Gasteiger charge is -2.09. The summed E-state index contributed by atoms with van der Waals surface area (Å²) in [4.78, 5) is 47.5. The van der Waals surface area contributed by atoms with E-state index in [4.69, 9.17) is 0 Å². The van der Waals surface area contributed by atoms with Gasteiger partial charge in [0.05, 0.1) is 21.0 Å². The number of benzene rings is 5. The Morgan fingerprint density at radius 3 is 1.02 bits per heavy atom. The van der Waals surface area contributed by atoms with Gasteiger partial charge in [0.25, 0.3) is 11.4 Å². The molecule has 0 aliphatic rings. The van der Waals surface area contributed by atoms with Crippen LogP contribution in [0.25, 0.3) is 22.3 Å². The van der Waals surface area contributed by atoms with Crippen LogP contribution in [0.15, 0.2) is 119 Å². The normalized spacial score (nSPS) is 10.2. The number of carbonyl (C=O) groups excluding carboxylic acids is 2. The van der Waals surface area contributed by atoms with E-state index in [2.05, 4.69) is 23.7 Å². The van der Waals surface area contributed by atoms with Gasteiger partial charge in [-0.15, -0.1) is 0 Å². The lowest BCUT2D eigenvalue weighted by molar-refractivity contribution is -0.388. The summed E-state index contributed by atoms with van der Waals surface area (Å²) in [5, 5.41) is 24.3. The fourth-order valence-electron chi connectivity index (χ4n) is 4.64. The second-order valence-electron chi connectivity index (χ2n) is 10.3. The van der Waals surface area contributed by atoms with Gasteiger partial charge in [0.2, 0.25) is 0 Å². The molecule has 0 fully saturated rings. The van der Waals surface area contributed by atoms with Crippen molar-refractivity contribution in [3.8, 4) is 45.9 Å². The molecule has 5 rings (SSSR count). The number of hydrogen-bond acceptors (Lipinski definition) is 8. The molecule has 0 saturated heterocycles. The van der Waals surface area contributed by atoms with Crippen molar-refractivity contribution in [3.05, 3.63) is 152 Å². The van der Waals surface area contributed by atoms with Crippen molar-refractivity contribution in [2.75, 3.05) is 0 Å². The molecular weight excluding hydrogens is 645 g/mol. The summed E-state index contributed by atoms with van der Waals surface area (Å²) in [6, 6.07) is 30.4. The van der Waals surface area contributed by atoms with Gasteiger partial charge in [0.15, 0.2) is 10.2 Å². The minimum Gasteiger partial charge on any atom is -0.287 e. The first kappa shape index (κ1) is 33.4. The first-order valence-corrected chi connectivity index (χ1v) is 16.0. The SMILES string of the molecule is CC(=O)Sc1ccc(C#Cc2ccc(-c3cc([N+](=O)[O-])c(-c4ccc(C#Cc5ccc(SC(C)=O)cc5)cc4)cc3[N+](=O)[O-])cc2)cc1. The van der Waals surface area contributed by atoms with Crippen molar-refractivity contribution >= 4 is 45.1 Å². The van der Waals surface area contributed by atoms with Gasteiger partial charge in [-0.3, -0.25) is 29.8 Å². The highest BCUT2D eigenvalue weighted by Crippen LogP contribution is 2.40. The fourth-order valence-corrected chi connectivity index (χ4v) is 5.85. The maximum atomic E-state index is 12.2. The summed E-state index contributed by atoms with van der Waals surface area (Å²) < 4.78 is 0. The molecule has 0 saturated carbocycles. The van der Waals surface area contributed by atoms with Crippen LogP contribution in [0.1, 0.15) is 36.1 Å². The minimum absolute atomic E-state index is 0.00345. The van der Waals surface area contributed by atoms with Crippen LogP contribution in [0.4, 0.5) is 11.4 Å². The summed E-state index contributed by atoms with van der Waals surface area (Å²) in [5.41, 5.74) is 3.38. The monoisotopic (exact) mass is 668 g/mol. The standard InChI is InChI=1S/C38H24N2O6S2/c1-25(41)47-33-19-11-29(12-20-33)5-3-27-7-15-31(16-8-27)35-23-38(40(45)46)36(24-37(35)39(43)44)32-17-9-28(10-18-32)4-6-30-13-21-34(22-14-30)48-26(2)42/h7-24H,1-2H3. The summed E-state index contributed by atoms with van der Waals surface area (Å²) in [7, 11) is 0. The smallest absolute Gasteiger partial charge is 0.278 e. The van der Waals surface area contributed by atoms with Crippen molar-refractivity contribution in [1.82, 2.24) is 0 Å². The van der Waals surface area contributed by atoms with E-state index >= 15 is 0 Å². The molecule has 0 aromatic heterocycles. The molecule has 5 aromatic rings. The van der Waals surface area contributed by atoms with Crippen molar-refractivity contribution < 1.29 is 19.4 Å². The van der Waals surface area contributed by atoms with Gasteiger partial charge in [-0.1, -0.05) is 71.5 Å². The van der Waals surface area contributed by atoms with Crippen molar-refractivity contribution in [1.29, 1.82) is 0 Å². The first-order chi connectivity index (χ1) is 23.0. The third-order valence-corrected chi connectivity index (χ3v) is 8.42. The summed E-state index contributed by atoms with van der Waals surface area (Å²) in [5.74, 6) is 12.2. The molecule has 234 valence electrons. The van der Waals surface area contributed by atoms with Crippen LogP contribution in [-0.4, -0.2) is 20.1 Å². The van der Waals surface area contributed by atoms with E-state index in [1.807, 2.05) is 48.5 Å². The van der Waals surface area contributed by atoms with Gasteiger partial charge in [-0.25, -0.2) is 0 Å². The molecule has 0 amide bonds. The van der Waals surface area contributed by atoms with Gasteiger partial charge in [-0.2, -0.15) is 0 Å². The Morgan fingerprint density at radius 1 is 0.500 bits per heavy atom. The Kier molecular flexibility index (Phi) is 10.5. The maximum absolute atomic E-state index is 12.2. The molecule has 5 aromatic carbocycles. The highest BCUT2D eigenvalue weighted by molar-refractivity contribution is 8.13. The van der Waals surface area contributed by atoms with Gasteiger partial charge < -0.3 is 0 Å². The van der Waals surface area contributed by atoms with Crippen molar-refractivity contribution in [2.45, 2.75) is 23.6 Å². The molecule has 0 aliphatic heterocycles. The van der Waals surface area contributed by atoms with Crippen molar-refractivity contribution in [3.63, 3.8) is 0 Å². The topological polar surface area (TPSA) is 120 Å². The van der Waals surface area contributed by atoms with Crippen LogP contribution in [-0.2, 0) is 9.59 Å². The molecule has 0 atom stereocenters. The second kappa shape index (κ2) is 15.1. The highest BCUT2D eigenvalue weighted by atomic mass is 32.2. The van der Waals surface area contributed by atoms with Crippen LogP contribution in [0.2, 0.25) is 0 Å². The molecular formula is C38H24N2O6S2. The summed E-state index contributed by atoms with van der Waals surface area (Å²) in [6.45, 7) is 3.00. The van der Waals surface area contributed by atoms with E-state index in [1.165, 1.54) is 26.0 Å². The number of hydrogen-bond donors (Lipinski definition) is 0. The van der Waals surface area contributed by atoms with Gasteiger partial charge in [0, 0.05) is 58.0 Å². The number of thioether (sulfide) groups is 2. The predicted octanol–water partition coefficient (Wildman–Crippen LogP) is 8.91. The fraction of sp³-hybridized carbons (Fsp3) is 0.0526. The second-order valence-corrected chi connectivity index (χ2v) is 12.8. The minimum atomic E-state index is -0.551. The van der Waals surface area contributed by atoms with E-state index in [0.29, 0.717) is 22.3 Å². The molecule has 48 heavy (non-hydrogen) atoms. The molecule has 0 radical (unpaired) electrons. The van der Waals surface area contributed by atoms with Gasteiger partial charge >= 0.3 is 0 Å². The van der Waals surface area contributed by atoms with E-state index in [1.54, 1.807) is 48.5 Å². The number of nitro groups is 2. The van der Waals surface area contributed by atoms with E-state index < -0.39 is 9.85 Å². The Hall–Kier alpha value is -5.94. The van der Waals surface area contributed by atoms with Crippen LogP contribution in [0.5, 0.6) is 0 Å². The lowest BCUT2D eigenvalue weighted by Crippen LogP contribution is -1.98. The van der Waals surface area contributed by atoms with Gasteiger partial charge in [-0.05, 0) is 83.9 Å². The Morgan fingerprint density at radius 2 is 0.771 bits per heavy atom. The van der Waals surface area contributed by atoms with E-state index in [-0.39, 0.29) is 32.7 Å². The van der Waals surface area contributed by atoms with Gasteiger partial charge in [0.1, 0.15) is 0 Å². The average Bonchev–Trinajstić information content (AvgIpc) is 3.07. The zero-order valence-electron chi connectivity index (χ0n) is 25.6. The molecule has 8 nitrogen and oxygen atoms in total. The number of carbonyl (C=O) groups is 2. The third kappa shape index (κ3) is 8.65. The Balaban J connectivity index is 1.39. The zero-order valence-corrected chi connectivity index (χ0v) is 27.2. The molecule has 0 heterocycles.